The molecule has 0 aromatic rings. The fourth-order valence-electron chi connectivity index (χ4n) is 7.12. The van der Waals surface area contributed by atoms with E-state index in [-0.39, 0.29) is 49.1 Å². The zero-order valence-electron chi connectivity index (χ0n) is 39.6. The van der Waals surface area contributed by atoms with Crippen molar-refractivity contribution in [2.75, 3.05) is 41.0 Å². The number of likely N-dealkylation sites (N-methyl/N-ethyl adjacent to an activating group) is 1. The number of allylic oxidation sites excluding steroid dienone is 8. The molecule has 0 aromatic heterocycles. The third kappa shape index (κ3) is 40.7. The maximum absolute atomic E-state index is 12.8. The number of carboxylic acid groups (broad SMARTS) is 1. The van der Waals surface area contributed by atoms with Crippen molar-refractivity contribution < 1.29 is 38.2 Å². The average molecular weight is 844 g/mol. The number of ether oxygens (including phenoxy) is 3. The summed E-state index contributed by atoms with van der Waals surface area (Å²) in [5, 5.41) is 11.6. The van der Waals surface area contributed by atoms with E-state index in [0.29, 0.717) is 12.8 Å². The van der Waals surface area contributed by atoms with Gasteiger partial charge in [0.1, 0.15) is 12.6 Å². The number of carbonyl (C=O) groups is 3. The standard InChI is InChI=1S/C52H93NO7/c1-6-8-10-12-14-16-18-20-22-24-25-27-29-31-33-35-37-39-41-43-51(55)60-48(46-58-45-44-49(52(56)57)53(3,4)5)47-59-50(54)42-40-38-36-34-32-30-28-26-23-21-19-17-15-13-11-9-7-2/h15,17,21,23,28,30,34,36,48-49H,6-14,16,18-20,22,24-27,29,31-33,35,37-47H2,1-5H3/b17-15+,23-21+,30-28+,36-34+. The molecular formula is C52H93NO7. The fraction of sp³-hybridized carbons (Fsp3) is 0.788. The summed E-state index contributed by atoms with van der Waals surface area (Å²) in [4.78, 5) is 36.9. The van der Waals surface area contributed by atoms with Gasteiger partial charge in [0, 0.05) is 19.3 Å². The molecule has 0 aromatic carbocycles. The minimum atomic E-state index is -1.13. The molecule has 60 heavy (non-hydrogen) atoms. The first-order chi connectivity index (χ1) is 29.1. The number of unbranched alkanes of at least 4 members (excludes halogenated alkanes) is 22. The monoisotopic (exact) mass is 844 g/mol. The normalized spacial score (nSPS) is 13.3. The lowest BCUT2D eigenvalue weighted by atomic mass is 10.0. The lowest BCUT2D eigenvalue weighted by Gasteiger charge is -2.34. The average Bonchev–Trinajstić information content (AvgIpc) is 3.21. The third-order valence-corrected chi connectivity index (χ3v) is 11.0. The van der Waals surface area contributed by atoms with Crippen molar-refractivity contribution in [3.63, 3.8) is 0 Å². The first-order valence-corrected chi connectivity index (χ1v) is 24.7. The molecule has 0 fully saturated rings. The van der Waals surface area contributed by atoms with Gasteiger partial charge in [0.25, 0.3) is 0 Å². The van der Waals surface area contributed by atoms with Crippen LogP contribution >= 0.6 is 0 Å². The van der Waals surface area contributed by atoms with Crippen LogP contribution in [0, 0.1) is 0 Å². The number of carboxylic acids is 1. The van der Waals surface area contributed by atoms with Crippen LogP contribution in [0.2, 0.25) is 0 Å². The maximum Gasteiger partial charge on any atom is 0.306 e. The van der Waals surface area contributed by atoms with Gasteiger partial charge in [-0.05, 0) is 51.4 Å². The van der Waals surface area contributed by atoms with Crippen molar-refractivity contribution in [1.29, 1.82) is 0 Å². The van der Waals surface area contributed by atoms with E-state index in [1.807, 2.05) is 0 Å². The van der Waals surface area contributed by atoms with E-state index in [2.05, 4.69) is 62.5 Å². The Hall–Kier alpha value is -2.71. The van der Waals surface area contributed by atoms with Crippen LogP contribution in [0.25, 0.3) is 0 Å². The van der Waals surface area contributed by atoms with Gasteiger partial charge < -0.3 is 28.6 Å². The predicted octanol–water partition coefficient (Wildman–Crippen LogP) is 12.6. The second-order valence-electron chi connectivity index (χ2n) is 17.7. The zero-order valence-corrected chi connectivity index (χ0v) is 39.6. The summed E-state index contributed by atoms with van der Waals surface area (Å²) in [5.74, 6) is -1.80. The minimum absolute atomic E-state index is 0.0251. The molecule has 0 heterocycles. The summed E-state index contributed by atoms with van der Waals surface area (Å²) in [6, 6.07) is -0.733. The predicted molar refractivity (Wildman–Crippen MR) is 250 cm³/mol. The van der Waals surface area contributed by atoms with Crippen LogP contribution in [0.3, 0.4) is 0 Å². The Kier molecular flexibility index (Phi) is 41.0. The number of hydrogen-bond donors (Lipinski definition) is 0. The van der Waals surface area contributed by atoms with E-state index in [1.54, 1.807) is 21.1 Å². The highest BCUT2D eigenvalue weighted by atomic mass is 16.6. The van der Waals surface area contributed by atoms with Gasteiger partial charge in [-0.15, -0.1) is 0 Å². The summed E-state index contributed by atoms with van der Waals surface area (Å²) in [6.45, 7) is 4.60. The van der Waals surface area contributed by atoms with Gasteiger partial charge in [-0.1, -0.05) is 191 Å². The van der Waals surface area contributed by atoms with Crippen LogP contribution in [0.5, 0.6) is 0 Å². The van der Waals surface area contributed by atoms with Crippen molar-refractivity contribution in [2.45, 2.75) is 225 Å². The van der Waals surface area contributed by atoms with Crippen molar-refractivity contribution >= 4 is 17.9 Å². The number of aliphatic carboxylic acids is 1. The molecule has 0 bridgehead atoms. The number of esters is 2. The summed E-state index contributed by atoms with van der Waals surface area (Å²) in [6.07, 6.45) is 51.4. The van der Waals surface area contributed by atoms with Crippen LogP contribution in [-0.4, -0.2) is 75.5 Å². The van der Waals surface area contributed by atoms with E-state index in [9.17, 15) is 19.5 Å². The highest BCUT2D eigenvalue weighted by molar-refractivity contribution is 5.70. The summed E-state index contributed by atoms with van der Waals surface area (Å²) in [7, 11) is 5.40. The smallest absolute Gasteiger partial charge is 0.306 e. The largest absolute Gasteiger partial charge is 0.544 e. The molecule has 0 N–H and O–H groups in total. The van der Waals surface area contributed by atoms with E-state index in [1.165, 1.54) is 128 Å². The minimum Gasteiger partial charge on any atom is -0.544 e. The molecule has 2 unspecified atom stereocenters. The van der Waals surface area contributed by atoms with Crippen molar-refractivity contribution in [2.24, 2.45) is 0 Å². The van der Waals surface area contributed by atoms with Gasteiger partial charge in [0.05, 0.1) is 40.3 Å². The van der Waals surface area contributed by atoms with Crippen LogP contribution in [-0.2, 0) is 28.6 Å². The van der Waals surface area contributed by atoms with Gasteiger partial charge in [-0.3, -0.25) is 9.59 Å². The summed E-state index contributed by atoms with van der Waals surface area (Å²) < 4.78 is 17.2. The Morgan fingerprint density at radius 2 is 0.900 bits per heavy atom. The Morgan fingerprint density at radius 3 is 1.35 bits per heavy atom. The van der Waals surface area contributed by atoms with Crippen LogP contribution in [0.1, 0.15) is 213 Å². The molecule has 8 nitrogen and oxygen atoms in total. The molecule has 0 aliphatic heterocycles. The molecule has 0 radical (unpaired) electrons. The van der Waals surface area contributed by atoms with Crippen LogP contribution in [0.15, 0.2) is 48.6 Å². The second kappa shape index (κ2) is 43.0. The van der Waals surface area contributed by atoms with E-state index < -0.39 is 18.1 Å². The van der Waals surface area contributed by atoms with Gasteiger partial charge in [-0.25, -0.2) is 0 Å². The molecule has 0 spiro atoms. The van der Waals surface area contributed by atoms with Crippen molar-refractivity contribution in [1.82, 2.24) is 0 Å². The third-order valence-electron chi connectivity index (χ3n) is 11.0. The molecule has 348 valence electrons. The molecule has 8 heteroatoms. The van der Waals surface area contributed by atoms with Gasteiger partial charge in [0.2, 0.25) is 0 Å². The van der Waals surface area contributed by atoms with E-state index in [4.69, 9.17) is 14.2 Å². The Balaban J connectivity index is 4.34. The molecule has 0 aliphatic carbocycles. The highest BCUT2D eigenvalue weighted by Crippen LogP contribution is 2.16. The summed E-state index contributed by atoms with van der Waals surface area (Å²) in [5.41, 5.74) is 0. The van der Waals surface area contributed by atoms with E-state index in [0.717, 1.165) is 44.9 Å². The number of rotatable bonds is 44. The van der Waals surface area contributed by atoms with Crippen LogP contribution in [0.4, 0.5) is 0 Å². The molecule has 0 amide bonds. The lowest BCUT2D eigenvalue weighted by Crippen LogP contribution is -2.55. The Bertz CT molecular complexity index is 1120. The Morgan fingerprint density at radius 1 is 0.500 bits per heavy atom. The lowest BCUT2D eigenvalue weighted by molar-refractivity contribution is -0.889. The fourth-order valence-corrected chi connectivity index (χ4v) is 7.12. The quantitative estimate of drug-likeness (QED) is 0.0260. The summed E-state index contributed by atoms with van der Waals surface area (Å²) >= 11 is 0. The van der Waals surface area contributed by atoms with Crippen molar-refractivity contribution in [3.8, 4) is 0 Å². The topological polar surface area (TPSA) is 102 Å². The SMILES string of the molecule is CCCCC/C=C/C/C=C/C/C=C/C/C=C/CCCC(=O)OCC(COCCC(C(=O)[O-])[N+](C)(C)C)OC(=O)CCCCCCCCCCCCCCCCCCCCC. The zero-order chi connectivity index (χ0) is 44.2. The van der Waals surface area contributed by atoms with Crippen molar-refractivity contribution in [3.05, 3.63) is 48.6 Å². The number of hydrogen-bond acceptors (Lipinski definition) is 7. The molecule has 0 saturated carbocycles. The van der Waals surface area contributed by atoms with Crippen LogP contribution < -0.4 is 5.11 Å². The molecule has 0 aliphatic rings. The Labute approximate surface area is 369 Å². The van der Waals surface area contributed by atoms with Gasteiger partial charge in [-0.2, -0.15) is 0 Å². The molecular weight excluding hydrogens is 751 g/mol. The second-order valence-corrected chi connectivity index (χ2v) is 17.7. The maximum atomic E-state index is 12.8. The van der Waals surface area contributed by atoms with E-state index >= 15 is 0 Å². The first kappa shape index (κ1) is 57.3. The first-order valence-electron chi connectivity index (χ1n) is 24.7. The highest BCUT2D eigenvalue weighted by Gasteiger charge is 2.25. The van der Waals surface area contributed by atoms with Gasteiger partial charge in [0.15, 0.2) is 6.10 Å². The molecule has 0 rings (SSSR count). The number of nitrogens with zero attached hydrogens (tertiary/aromatic N) is 1. The molecule has 2 atom stereocenters. The number of carbonyl (C=O) groups excluding carboxylic acids is 3. The van der Waals surface area contributed by atoms with Gasteiger partial charge >= 0.3 is 11.9 Å². The molecule has 0 saturated heterocycles. The number of quaternary nitrogens is 1.